The number of carboxylic acid groups (broad SMARTS) is 1. The van der Waals surface area contributed by atoms with Gasteiger partial charge in [0.05, 0.1) is 18.3 Å². The van der Waals surface area contributed by atoms with Gasteiger partial charge in [0, 0.05) is 11.3 Å². The second kappa shape index (κ2) is 7.71. The maximum atomic E-state index is 12.2. The van der Waals surface area contributed by atoms with Crippen LogP contribution < -0.4 is 40.0 Å². The molecule has 2 N–H and O–H groups in total. The predicted octanol–water partition coefficient (Wildman–Crippen LogP) is -4.30. The van der Waals surface area contributed by atoms with Gasteiger partial charge in [0.15, 0.2) is 0 Å². The second-order valence-electron chi connectivity index (χ2n) is 5.12. The molecule has 0 unspecified atom stereocenters. The largest absolute Gasteiger partial charge is 1.00 e. The van der Waals surface area contributed by atoms with E-state index in [-0.39, 0.29) is 46.6 Å². The third-order valence-electron chi connectivity index (χ3n) is 3.75. The minimum Gasteiger partial charge on any atom is -0.543 e. The number of nitrogens with one attached hydrogen (secondary N) is 1. The third-order valence-corrected chi connectivity index (χ3v) is 5.09. The fourth-order valence-electron chi connectivity index (χ4n) is 2.61. The molecule has 2 heterocycles. The zero-order valence-corrected chi connectivity index (χ0v) is 15.7. The second-order valence-corrected chi connectivity index (χ2v) is 6.23. The van der Waals surface area contributed by atoms with Crippen LogP contribution in [0.5, 0.6) is 0 Å². The number of nitrogens with zero attached hydrogens (tertiary/aromatic N) is 1. The number of fused-ring (bicyclic) bond motifs is 1. The van der Waals surface area contributed by atoms with E-state index in [1.807, 2.05) is 0 Å². The van der Waals surface area contributed by atoms with E-state index in [0.29, 0.717) is 5.56 Å². The minimum absolute atomic E-state index is 0. The maximum Gasteiger partial charge on any atom is 1.00 e. The molecule has 120 valence electrons. The minimum atomic E-state index is -1.50. The van der Waals surface area contributed by atoms with Crippen molar-refractivity contribution in [2.75, 3.05) is 12.4 Å². The van der Waals surface area contributed by atoms with Crippen LogP contribution in [0.2, 0.25) is 0 Å². The van der Waals surface area contributed by atoms with E-state index in [1.165, 1.54) is 11.8 Å². The van der Waals surface area contributed by atoms with E-state index < -0.39 is 35.8 Å². The van der Waals surface area contributed by atoms with Crippen molar-refractivity contribution in [3.05, 3.63) is 47.2 Å². The third kappa shape index (κ3) is 3.25. The summed E-state index contributed by atoms with van der Waals surface area (Å²) >= 11 is 1.30. The predicted molar refractivity (Wildman–Crippen MR) is 79.9 cm³/mol. The number of amides is 2. The first-order valence-electron chi connectivity index (χ1n) is 6.89. The van der Waals surface area contributed by atoms with Crippen LogP contribution in [-0.2, 0) is 9.59 Å². The van der Waals surface area contributed by atoms with E-state index in [9.17, 15) is 24.6 Å². The molecule has 0 spiro atoms. The molecule has 9 heteroatoms. The fraction of sp³-hybridized carbons (Fsp3) is 0.267. The smallest absolute Gasteiger partial charge is 0.543 e. The Labute approximate surface area is 164 Å². The SMILES string of the molecule is O=C([O-])C1=C(CO)CS[C@@H]2[C@@H](NC(=O)c3ccccc3)C(=O)N12.[Na+]. The summed E-state index contributed by atoms with van der Waals surface area (Å²) in [5.41, 5.74) is 0.380. The van der Waals surface area contributed by atoms with Crippen molar-refractivity contribution >= 4 is 29.5 Å². The number of thioether (sulfide) groups is 1. The first kappa shape index (κ1) is 19.0. The van der Waals surface area contributed by atoms with Crippen LogP contribution in [0.3, 0.4) is 0 Å². The molecule has 1 aromatic rings. The number of carbonyl (C=O) groups is 3. The molecule has 7 nitrogen and oxygen atoms in total. The van der Waals surface area contributed by atoms with Crippen molar-refractivity contribution in [1.29, 1.82) is 0 Å². The van der Waals surface area contributed by atoms with Gasteiger partial charge >= 0.3 is 29.6 Å². The van der Waals surface area contributed by atoms with Gasteiger partial charge in [-0.2, -0.15) is 0 Å². The molecular formula is C15H13N2NaO5S. The molecule has 0 aromatic heterocycles. The Morgan fingerprint density at radius 3 is 2.58 bits per heavy atom. The summed E-state index contributed by atoms with van der Waals surface area (Å²) < 4.78 is 0. The average Bonchev–Trinajstić information content (AvgIpc) is 2.58. The number of aliphatic hydroxyl groups excluding tert-OH is 1. The molecule has 1 fully saturated rings. The quantitative estimate of drug-likeness (QED) is 0.417. The molecule has 0 aliphatic carbocycles. The Morgan fingerprint density at radius 1 is 1.33 bits per heavy atom. The molecular weight excluding hydrogens is 343 g/mol. The van der Waals surface area contributed by atoms with E-state index in [1.54, 1.807) is 30.3 Å². The van der Waals surface area contributed by atoms with Gasteiger partial charge < -0.3 is 20.3 Å². The summed E-state index contributed by atoms with van der Waals surface area (Å²) in [4.78, 5) is 36.7. The molecule has 3 rings (SSSR count). The number of carbonyl (C=O) groups excluding carboxylic acids is 3. The monoisotopic (exact) mass is 356 g/mol. The zero-order valence-electron chi connectivity index (χ0n) is 12.9. The normalized spacial score (nSPS) is 22.2. The molecule has 0 bridgehead atoms. The standard InChI is InChI=1S/C15H14N2O5S.Na/c18-6-9-7-23-14-10(13(20)17(14)11(9)15(21)22)16-12(19)8-4-2-1-3-5-8;/h1-5,10,14,18H,6-7H2,(H,16,19)(H,21,22);/q;+1/p-1/t10-,14+;/m0./s1. The molecule has 2 atom stereocenters. The summed E-state index contributed by atoms with van der Waals surface area (Å²) in [5, 5.41) is 22.6. The van der Waals surface area contributed by atoms with Crippen molar-refractivity contribution in [1.82, 2.24) is 10.2 Å². The zero-order chi connectivity index (χ0) is 16.6. The van der Waals surface area contributed by atoms with Gasteiger partial charge in [-0.25, -0.2) is 0 Å². The first-order chi connectivity index (χ1) is 11.0. The van der Waals surface area contributed by atoms with Crippen LogP contribution in [0.15, 0.2) is 41.6 Å². The van der Waals surface area contributed by atoms with Crippen molar-refractivity contribution in [3.8, 4) is 0 Å². The number of hydrogen-bond donors (Lipinski definition) is 2. The van der Waals surface area contributed by atoms with Gasteiger partial charge in [-0.15, -0.1) is 11.8 Å². The van der Waals surface area contributed by atoms with Gasteiger partial charge in [-0.1, -0.05) is 18.2 Å². The van der Waals surface area contributed by atoms with E-state index >= 15 is 0 Å². The van der Waals surface area contributed by atoms with Crippen LogP contribution in [0.25, 0.3) is 0 Å². The van der Waals surface area contributed by atoms with Gasteiger partial charge in [-0.3, -0.25) is 14.5 Å². The Hall–Kier alpha value is -1.32. The van der Waals surface area contributed by atoms with Crippen LogP contribution in [0, 0.1) is 0 Å². The Kier molecular flexibility index (Phi) is 6.11. The summed E-state index contributed by atoms with van der Waals surface area (Å²) in [6.07, 6.45) is 0. The number of β-lactam (4-membered cyclic amide) rings is 1. The molecule has 24 heavy (non-hydrogen) atoms. The Bertz CT molecular complexity index is 709. The van der Waals surface area contributed by atoms with E-state index in [4.69, 9.17) is 0 Å². The molecule has 0 radical (unpaired) electrons. The van der Waals surface area contributed by atoms with Gasteiger partial charge in [0.1, 0.15) is 11.4 Å². The molecule has 1 aromatic carbocycles. The molecule has 2 amide bonds. The molecule has 1 saturated heterocycles. The Balaban J connectivity index is 0.00000208. The van der Waals surface area contributed by atoms with Crippen molar-refractivity contribution in [2.24, 2.45) is 0 Å². The van der Waals surface area contributed by atoms with E-state index in [2.05, 4.69) is 5.32 Å². The number of hydrogen-bond acceptors (Lipinski definition) is 6. The van der Waals surface area contributed by atoms with Crippen molar-refractivity contribution in [3.63, 3.8) is 0 Å². The topological polar surface area (TPSA) is 110 Å². The number of benzene rings is 1. The van der Waals surface area contributed by atoms with Gasteiger partial charge in [-0.05, 0) is 17.7 Å². The maximum absolute atomic E-state index is 12.2. The summed E-state index contributed by atoms with van der Waals surface area (Å²) in [6.45, 7) is -0.451. The van der Waals surface area contributed by atoms with E-state index in [0.717, 1.165) is 4.90 Å². The van der Waals surface area contributed by atoms with Crippen LogP contribution in [0.1, 0.15) is 10.4 Å². The van der Waals surface area contributed by atoms with Crippen molar-refractivity contribution < 1.29 is 54.2 Å². The number of aliphatic hydroxyl groups is 1. The number of rotatable bonds is 4. The van der Waals surface area contributed by atoms with Crippen LogP contribution in [0.4, 0.5) is 0 Å². The number of carboxylic acids is 1. The van der Waals surface area contributed by atoms with Crippen LogP contribution in [-0.4, -0.2) is 51.6 Å². The summed E-state index contributed by atoms with van der Waals surface area (Å²) in [7, 11) is 0. The van der Waals surface area contributed by atoms with Gasteiger partial charge in [0.25, 0.3) is 11.8 Å². The molecule has 2 aliphatic heterocycles. The number of aliphatic carboxylic acids is 1. The molecule has 2 aliphatic rings. The summed E-state index contributed by atoms with van der Waals surface area (Å²) in [6, 6.07) is 7.66. The first-order valence-corrected chi connectivity index (χ1v) is 7.94. The summed E-state index contributed by atoms with van der Waals surface area (Å²) in [5.74, 6) is -2.14. The Morgan fingerprint density at radius 2 is 2.00 bits per heavy atom. The molecule has 0 saturated carbocycles. The fourth-order valence-corrected chi connectivity index (χ4v) is 3.94. The van der Waals surface area contributed by atoms with Crippen molar-refractivity contribution in [2.45, 2.75) is 11.4 Å². The average molecular weight is 356 g/mol. The van der Waals surface area contributed by atoms with Gasteiger partial charge in [0.2, 0.25) is 0 Å². The van der Waals surface area contributed by atoms with Crippen LogP contribution >= 0.6 is 11.8 Å².